The Morgan fingerprint density at radius 3 is 2.56 bits per heavy atom. The molecule has 0 bridgehead atoms. The van der Waals surface area contributed by atoms with Gasteiger partial charge in [-0.3, -0.25) is 9.36 Å². The summed E-state index contributed by atoms with van der Waals surface area (Å²) < 4.78 is 57.7. The second-order valence-electron chi connectivity index (χ2n) is 5.26. The monoisotopic (exact) mass is 354 g/mol. The number of hydrogen-bond acceptors (Lipinski definition) is 3. The number of hydrogen-bond donors (Lipinski definition) is 1. The van der Waals surface area contributed by atoms with Crippen LogP contribution < -0.4 is 11.1 Å². The van der Waals surface area contributed by atoms with Gasteiger partial charge in [0.15, 0.2) is 5.58 Å². The van der Waals surface area contributed by atoms with Gasteiger partial charge in [0.25, 0.3) is 5.91 Å². The van der Waals surface area contributed by atoms with Crippen molar-refractivity contribution >= 4 is 22.7 Å². The first-order valence-corrected chi connectivity index (χ1v) is 6.94. The van der Waals surface area contributed by atoms with Crippen molar-refractivity contribution in [1.29, 1.82) is 0 Å². The van der Waals surface area contributed by atoms with Crippen molar-refractivity contribution in [2.75, 3.05) is 5.32 Å². The fourth-order valence-electron chi connectivity index (χ4n) is 2.30. The smallest absolute Gasteiger partial charge is 0.408 e. The Morgan fingerprint density at radius 1 is 1.16 bits per heavy atom. The number of oxazole rings is 1. The molecular weight excluding hydrogens is 344 g/mol. The molecule has 130 valence electrons. The number of alkyl halides is 3. The van der Waals surface area contributed by atoms with E-state index in [0.717, 1.165) is 6.07 Å². The van der Waals surface area contributed by atoms with Crippen LogP contribution in [-0.2, 0) is 13.2 Å². The molecular formula is C16H10F4N2O3. The summed E-state index contributed by atoms with van der Waals surface area (Å²) in [5.41, 5.74) is -0.970. The summed E-state index contributed by atoms with van der Waals surface area (Å²) in [5, 5.41) is 2.38. The molecule has 0 aliphatic carbocycles. The van der Waals surface area contributed by atoms with Crippen LogP contribution in [0.3, 0.4) is 0 Å². The predicted octanol–water partition coefficient (Wildman–Crippen LogP) is 3.54. The second kappa shape index (κ2) is 5.76. The third kappa shape index (κ3) is 3.12. The van der Waals surface area contributed by atoms with Gasteiger partial charge in [-0.15, -0.1) is 0 Å². The Hall–Kier alpha value is -3.10. The van der Waals surface area contributed by atoms with Crippen molar-refractivity contribution < 1.29 is 26.8 Å². The molecule has 25 heavy (non-hydrogen) atoms. The number of nitrogens with zero attached hydrogens (tertiary/aromatic N) is 1. The largest absolute Gasteiger partial charge is 0.419 e. The van der Waals surface area contributed by atoms with E-state index in [0.29, 0.717) is 17.6 Å². The van der Waals surface area contributed by atoms with Gasteiger partial charge < -0.3 is 9.73 Å². The molecule has 3 aromatic rings. The van der Waals surface area contributed by atoms with Crippen LogP contribution in [0.25, 0.3) is 11.1 Å². The average Bonchev–Trinajstić information content (AvgIpc) is 2.80. The Bertz CT molecular complexity index is 1030. The summed E-state index contributed by atoms with van der Waals surface area (Å²) in [5.74, 6) is -2.91. The fourth-order valence-corrected chi connectivity index (χ4v) is 2.30. The first kappa shape index (κ1) is 16.7. The molecule has 0 saturated heterocycles. The van der Waals surface area contributed by atoms with Crippen molar-refractivity contribution in [1.82, 2.24) is 4.57 Å². The van der Waals surface area contributed by atoms with E-state index in [-0.39, 0.29) is 16.8 Å². The lowest BCUT2D eigenvalue weighted by Crippen LogP contribution is -2.15. The normalized spacial score (nSPS) is 11.7. The van der Waals surface area contributed by atoms with E-state index in [1.54, 1.807) is 0 Å². The zero-order valence-electron chi connectivity index (χ0n) is 12.6. The summed E-state index contributed by atoms with van der Waals surface area (Å²) in [6.07, 6.45) is -4.91. The number of halogens is 4. The summed E-state index contributed by atoms with van der Waals surface area (Å²) in [6, 6.07) is 6.30. The number of aromatic nitrogens is 1. The number of rotatable bonds is 2. The Kier molecular flexibility index (Phi) is 3.86. The molecule has 5 nitrogen and oxygen atoms in total. The average molecular weight is 354 g/mol. The minimum atomic E-state index is -4.91. The van der Waals surface area contributed by atoms with Gasteiger partial charge in [0.05, 0.1) is 11.1 Å². The molecule has 9 heteroatoms. The van der Waals surface area contributed by atoms with Crippen molar-refractivity contribution in [2.24, 2.45) is 7.05 Å². The zero-order chi connectivity index (χ0) is 18.4. The number of amides is 1. The molecule has 0 saturated carbocycles. The lowest BCUT2D eigenvalue weighted by Gasteiger charge is -2.10. The number of nitrogens with one attached hydrogen (secondary N) is 1. The van der Waals surface area contributed by atoms with E-state index in [2.05, 4.69) is 5.32 Å². The SMILES string of the molecule is Cn1c(=O)oc2cc(NC(=O)c3ccc(F)c(C(F)(F)F)c3)ccc21. The molecule has 0 fully saturated rings. The molecule has 0 radical (unpaired) electrons. The van der Waals surface area contributed by atoms with E-state index in [9.17, 15) is 27.2 Å². The molecule has 0 unspecified atom stereocenters. The summed E-state index contributed by atoms with van der Waals surface area (Å²) in [7, 11) is 1.50. The van der Waals surface area contributed by atoms with Crippen LogP contribution in [0.5, 0.6) is 0 Å². The third-order valence-electron chi connectivity index (χ3n) is 3.58. The molecule has 1 aromatic heterocycles. The minimum Gasteiger partial charge on any atom is -0.408 e. The number of carbonyl (C=O) groups is 1. The predicted molar refractivity (Wildman–Crippen MR) is 80.8 cm³/mol. The molecule has 0 aliphatic heterocycles. The maximum Gasteiger partial charge on any atom is 0.419 e. The van der Waals surface area contributed by atoms with Crippen molar-refractivity contribution in [2.45, 2.75) is 6.18 Å². The van der Waals surface area contributed by atoms with Gasteiger partial charge in [-0.1, -0.05) is 0 Å². The summed E-state index contributed by atoms with van der Waals surface area (Å²) in [4.78, 5) is 23.5. The molecule has 0 atom stereocenters. The molecule has 2 aromatic carbocycles. The van der Waals surface area contributed by atoms with Gasteiger partial charge in [-0.25, -0.2) is 9.18 Å². The van der Waals surface area contributed by atoms with Crippen LogP contribution in [0.2, 0.25) is 0 Å². The van der Waals surface area contributed by atoms with Crippen LogP contribution in [0.1, 0.15) is 15.9 Å². The van der Waals surface area contributed by atoms with Gasteiger partial charge in [-0.2, -0.15) is 13.2 Å². The minimum absolute atomic E-state index is 0.209. The Balaban J connectivity index is 1.91. The van der Waals surface area contributed by atoms with E-state index in [1.807, 2.05) is 0 Å². The van der Waals surface area contributed by atoms with Crippen molar-refractivity contribution in [3.63, 3.8) is 0 Å². The zero-order valence-corrected chi connectivity index (χ0v) is 12.6. The highest BCUT2D eigenvalue weighted by Gasteiger charge is 2.34. The van der Waals surface area contributed by atoms with Gasteiger partial charge in [-0.05, 0) is 30.3 Å². The van der Waals surface area contributed by atoms with Crippen LogP contribution in [0, 0.1) is 5.82 Å². The molecule has 3 rings (SSSR count). The number of anilines is 1. The Labute approximate surface area is 137 Å². The quantitative estimate of drug-likeness (QED) is 0.716. The van der Waals surface area contributed by atoms with Crippen LogP contribution in [0.4, 0.5) is 23.2 Å². The molecule has 1 amide bonds. The maximum absolute atomic E-state index is 13.3. The maximum atomic E-state index is 13.3. The lowest BCUT2D eigenvalue weighted by molar-refractivity contribution is -0.140. The van der Waals surface area contributed by atoms with Crippen molar-refractivity contribution in [3.05, 3.63) is 63.9 Å². The molecule has 0 spiro atoms. The standard InChI is InChI=1S/C16H10F4N2O3/c1-22-12-5-3-9(7-13(12)25-15(22)24)21-14(23)8-2-4-11(17)10(6-8)16(18,19)20/h2-7H,1H3,(H,21,23). The number of carbonyl (C=O) groups excluding carboxylic acids is 1. The highest BCUT2D eigenvalue weighted by atomic mass is 19.4. The van der Waals surface area contributed by atoms with E-state index >= 15 is 0 Å². The molecule has 1 N–H and O–H groups in total. The summed E-state index contributed by atoms with van der Waals surface area (Å²) in [6.45, 7) is 0. The summed E-state index contributed by atoms with van der Waals surface area (Å²) >= 11 is 0. The van der Waals surface area contributed by atoms with Crippen molar-refractivity contribution in [3.8, 4) is 0 Å². The third-order valence-corrected chi connectivity index (χ3v) is 3.58. The van der Waals surface area contributed by atoms with E-state index < -0.39 is 29.2 Å². The lowest BCUT2D eigenvalue weighted by atomic mass is 10.1. The second-order valence-corrected chi connectivity index (χ2v) is 5.26. The van der Waals surface area contributed by atoms with Crippen LogP contribution in [-0.4, -0.2) is 10.5 Å². The molecule has 1 heterocycles. The first-order chi connectivity index (χ1) is 11.7. The number of aryl methyl sites for hydroxylation is 1. The van der Waals surface area contributed by atoms with E-state index in [4.69, 9.17) is 4.42 Å². The van der Waals surface area contributed by atoms with Gasteiger partial charge in [0.1, 0.15) is 5.82 Å². The number of fused-ring (bicyclic) bond motifs is 1. The highest BCUT2D eigenvalue weighted by molar-refractivity contribution is 6.05. The van der Waals surface area contributed by atoms with Gasteiger partial charge >= 0.3 is 11.9 Å². The van der Waals surface area contributed by atoms with Gasteiger partial charge in [0.2, 0.25) is 0 Å². The van der Waals surface area contributed by atoms with Gasteiger partial charge in [0, 0.05) is 24.4 Å². The topological polar surface area (TPSA) is 64.2 Å². The van der Waals surface area contributed by atoms with Crippen LogP contribution >= 0.6 is 0 Å². The first-order valence-electron chi connectivity index (χ1n) is 6.94. The molecule has 0 aliphatic rings. The van der Waals surface area contributed by atoms with Crippen LogP contribution in [0.15, 0.2) is 45.6 Å². The highest BCUT2D eigenvalue weighted by Crippen LogP contribution is 2.32. The fraction of sp³-hybridized carbons (Fsp3) is 0.125. The Morgan fingerprint density at radius 2 is 1.88 bits per heavy atom. The number of benzene rings is 2. The van der Waals surface area contributed by atoms with E-state index in [1.165, 1.54) is 29.8 Å².